The molecule has 2 aromatic rings. The smallest absolute Gasteiger partial charge is 0.259 e. The Hall–Kier alpha value is -1.59. The van der Waals surface area contributed by atoms with Crippen LogP contribution in [0.4, 0.5) is 5.69 Å². The summed E-state index contributed by atoms with van der Waals surface area (Å²) in [4.78, 5) is 16.0. The molecule has 0 unspecified atom stereocenters. The van der Waals surface area contributed by atoms with Gasteiger partial charge >= 0.3 is 0 Å². The number of methoxy groups -OCH3 is 1. The molecular formula is C13H10BrClN2O2. The van der Waals surface area contributed by atoms with Gasteiger partial charge in [-0.1, -0.05) is 11.6 Å². The summed E-state index contributed by atoms with van der Waals surface area (Å²) in [6.07, 6.45) is 3.03. The van der Waals surface area contributed by atoms with Gasteiger partial charge in [-0.2, -0.15) is 0 Å². The maximum Gasteiger partial charge on any atom is 0.259 e. The van der Waals surface area contributed by atoms with Crippen molar-refractivity contribution in [2.24, 2.45) is 0 Å². The Morgan fingerprint density at radius 2 is 2.21 bits per heavy atom. The fraction of sp³-hybridized carbons (Fsp3) is 0.0769. The molecule has 0 radical (unpaired) electrons. The second kappa shape index (κ2) is 6.04. The second-order valence-corrected chi connectivity index (χ2v) is 4.92. The number of pyridine rings is 1. The van der Waals surface area contributed by atoms with Gasteiger partial charge in [-0.15, -0.1) is 0 Å². The molecule has 0 saturated heterocycles. The van der Waals surface area contributed by atoms with E-state index in [9.17, 15) is 4.79 Å². The lowest BCUT2D eigenvalue weighted by Gasteiger charge is -2.09. The molecule has 6 heteroatoms. The molecule has 2 rings (SSSR count). The van der Waals surface area contributed by atoms with E-state index in [0.29, 0.717) is 26.5 Å². The van der Waals surface area contributed by atoms with Gasteiger partial charge in [-0.3, -0.25) is 9.78 Å². The highest BCUT2D eigenvalue weighted by Crippen LogP contribution is 2.26. The van der Waals surface area contributed by atoms with Crippen LogP contribution in [0.3, 0.4) is 0 Å². The van der Waals surface area contributed by atoms with Crippen LogP contribution in [0, 0.1) is 0 Å². The number of rotatable bonds is 3. The molecule has 98 valence electrons. The van der Waals surface area contributed by atoms with Crippen molar-refractivity contribution in [2.75, 3.05) is 12.4 Å². The summed E-state index contributed by atoms with van der Waals surface area (Å²) < 4.78 is 5.81. The van der Waals surface area contributed by atoms with Crippen molar-refractivity contribution in [1.29, 1.82) is 0 Å². The maximum atomic E-state index is 12.1. The lowest BCUT2D eigenvalue weighted by Crippen LogP contribution is -2.13. The largest absolute Gasteiger partial charge is 0.494 e. The Kier molecular flexibility index (Phi) is 4.39. The molecule has 1 aromatic heterocycles. The standard InChI is InChI=1S/C13H10BrClN2O2/c1-19-12-7-16-5-4-9(12)13(18)17-8-2-3-11(15)10(14)6-8/h2-7H,1H3,(H,17,18). The number of aromatic nitrogens is 1. The highest BCUT2D eigenvalue weighted by Gasteiger charge is 2.12. The van der Waals surface area contributed by atoms with Crippen molar-refractivity contribution in [3.63, 3.8) is 0 Å². The van der Waals surface area contributed by atoms with E-state index in [1.165, 1.54) is 19.5 Å². The van der Waals surface area contributed by atoms with E-state index in [0.717, 1.165) is 0 Å². The number of carbonyl (C=O) groups is 1. The van der Waals surface area contributed by atoms with Gasteiger partial charge in [0.05, 0.1) is 23.9 Å². The molecule has 0 fully saturated rings. The lowest BCUT2D eigenvalue weighted by molar-refractivity contribution is 0.102. The van der Waals surface area contributed by atoms with Crippen LogP contribution in [0.1, 0.15) is 10.4 Å². The molecule has 0 aliphatic heterocycles. The first-order valence-electron chi connectivity index (χ1n) is 5.36. The molecule has 0 spiro atoms. The van der Waals surface area contributed by atoms with Crippen LogP contribution in [-0.2, 0) is 0 Å². The number of halogens is 2. The van der Waals surface area contributed by atoms with E-state index >= 15 is 0 Å². The van der Waals surface area contributed by atoms with E-state index in [1.807, 2.05) is 0 Å². The van der Waals surface area contributed by atoms with Gasteiger partial charge in [0.2, 0.25) is 0 Å². The number of carbonyl (C=O) groups excluding carboxylic acids is 1. The molecule has 0 saturated carbocycles. The van der Waals surface area contributed by atoms with Gasteiger partial charge in [0.1, 0.15) is 5.75 Å². The normalized spacial score (nSPS) is 10.1. The van der Waals surface area contributed by atoms with Crippen molar-refractivity contribution in [1.82, 2.24) is 4.98 Å². The molecule has 0 aliphatic rings. The molecule has 19 heavy (non-hydrogen) atoms. The summed E-state index contributed by atoms with van der Waals surface area (Å²) in [7, 11) is 1.49. The Balaban J connectivity index is 2.23. The predicted molar refractivity (Wildman–Crippen MR) is 77.9 cm³/mol. The van der Waals surface area contributed by atoms with Crippen LogP contribution >= 0.6 is 27.5 Å². The molecular weight excluding hydrogens is 332 g/mol. The van der Waals surface area contributed by atoms with Gasteiger partial charge in [-0.25, -0.2) is 0 Å². The minimum atomic E-state index is -0.270. The van der Waals surface area contributed by atoms with Crippen molar-refractivity contribution in [2.45, 2.75) is 0 Å². The Labute approximate surface area is 123 Å². The number of nitrogens with one attached hydrogen (secondary N) is 1. The summed E-state index contributed by atoms with van der Waals surface area (Å²) in [6.45, 7) is 0. The van der Waals surface area contributed by atoms with Gasteiger partial charge < -0.3 is 10.1 Å². The summed E-state index contributed by atoms with van der Waals surface area (Å²) >= 11 is 9.20. The third kappa shape index (κ3) is 3.24. The number of anilines is 1. The highest BCUT2D eigenvalue weighted by atomic mass is 79.9. The molecule has 1 amide bonds. The molecule has 0 aliphatic carbocycles. The first-order valence-corrected chi connectivity index (χ1v) is 6.53. The number of benzene rings is 1. The number of hydrogen-bond donors (Lipinski definition) is 1. The number of nitrogens with zero attached hydrogens (tertiary/aromatic N) is 1. The average molecular weight is 342 g/mol. The Morgan fingerprint density at radius 3 is 2.89 bits per heavy atom. The summed E-state index contributed by atoms with van der Waals surface area (Å²) in [5, 5.41) is 3.35. The SMILES string of the molecule is COc1cnccc1C(=O)Nc1ccc(Cl)c(Br)c1. The van der Waals surface area contributed by atoms with E-state index in [2.05, 4.69) is 26.2 Å². The molecule has 4 nitrogen and oxygen atoms in total. The van der Waals surface area contributed by atoms with Gasteiger partial charge in [0, 0.05) is 16.4 Å². The monoisotopic (exact) mass is 340 g/mol. The number of ether oxygens (including phenoxy) is 1. The first kappa shape index (κ1) is 13.8. The molecule has 0 atom stereocenters. The summed E-state index contributed by atoms with van der Waals surface area (Å²) in [5.74, 6) is 0.154. The molecule has 1 aromatic carbocycles. The fourth-order valence-corrected chi connectivity index (χ4v) is 2.00. The van der Waals surface area contributed by atoms with Crippen molar-refractivity contribution in [3.05, 3.63) is 51.7 Å². The first-order chi connectivity index (χ1) is 9.11. The van der Waals surface area contributed by atoms with Gasteiger partial charge in [0.25, 0.3) is 5.91 Å². The van der Waals surface area contributed by atoms with Crippen LogP contribution in [0.25, 0.3) is 0 Å². The highest BCUT2D eigenvalue weighted by molar-refractivity contribution is 9.10. The minimum absolute atomic E-state index is 0.270. The Morgan fingerprint density at radius 1 is 1.42 bits per heavy atom. The van der Waals surface area contributed by atoms with Crippen LogP contribution in [0.15, 0.2) is 41.1 Å². The van der Waals surface area contributed by atoms with Crippen LogP contribution < -0.4 is 10.1 Å². The Bertz CT molecular complexity index is 619. The minimum Gasteiger partial charge on any atom is -0.494 e. The lowest BCUT2D eigenvalue weighted by atomic mass is 10.2. The zero-order valence-corrected chi connectivity index (χ0v) is 12.3. The van der Waals surface area contributed by atoms with Gasteiger partial charge in [-0.05, 0) is 40.2 Å². The third-order valence-corrected chi connectivity index (χ3v) is 3.64. The molecule has 1 N–H and O–H groups in total. The van der Waals surface area contributed by atoms with E-state index in [4.69, 9.17) is 16.3 Å². The van der Waals surface area contributed by atoms with Crippen LogP contribution in [-0.4, -0.2) is 18.0 Å². The summed E-state index contributed by atoms with van der Waals surface area (Å²) in [5.41, 5.74) is 1.06. The van der Waals surface area contributed by atoms with Gasteiger partial charge in [0.15, 0.2) is 0 Å². The number of hydrogen-bond acceptors (Lipinski definition) is 3. The van der Waals surface area contributed by atoms with Crippen molar-refractivity contribution >= 4 is 39.1 Å². The second-order valence-electron chi connectivity index (χ2n) is 3.66. The fourth-order valence-electron chi connectivity index (χ4n) is 1.50. The van der Waals surface area contributed by atoms with E-state index in [-0.39, 0.29) is 5.91 Å². The molecule has 0 bridgehead atoms. The van der Waals surface area contributed by atoms with Crippen molar-refractivity contribution in [3.8, 4) is 5.75 Å². The maximum absolute atomic E-state index is 12.1. The van der Waals surface area contributed by atoms with Crippen molar-refractivity contribution < 1.29 is 9.53 Å². The zero-order valence-electron chi connectivity index (χ0n) is 9.98. The van der Waals surface area contributed by atoms with E-state index in [1.54, 1.807) is 24.3 Å². The number of amides is 1. The summed E-state index contributed by atoms with van der Waals surface area (Å²) in [6, 6.07) is 6.75. The van der Waals surface area contributed by atoms with E-state index < -0.39 is 0 Å². The average Bonchev–Trinajstić information content (AvgIpc) is 2.43. The topological polar surface area (TPSA) is 51.2 Å². The van der Waals surface area contributed by atoms with Crippen LogP contribution in [0.2, 0.25) is 5.02 Å². The molecule has 1 heterocycles. The zero-order chi connectivity index (χ0) is 13.8. The predicted octanol–water partition coefficient (Wildman–Crippen LogP) is 3.76. The third-order valence-electron chi connectivity index (χ3n) is 2.43. The van der Waals surface area contributed by atoms with Crippen LogP contribution in [0.5, 0.6) is 5.75 Å². The quantitative estimate of drug-likeness (QED) is 0.925.